The molecule has 5 rings (SSSR count). The predicted molar refractivity (Wildman–Crippen MR) is 116 cm³/mol. The van der Waals surface area contributed by atoms with Gasteiger partial charge in [-0.25, -0.2) is 4.39 Å². The summed E-state index contributed by atoms with van der Waals surface area (Å²) in [6, 6.07) is -0.423. The lowest BCUT2D eigenvalue weighted by atomic mass is 9.59. The van der Waals surface area contributed by atoms with Gasteiger partial charge < -0.3 is 25.6 Å². The van der Waals surface area contributed by atoms with Gasteiger partial charge >= 0.3 is 0 Å². The van der Waals surface area contributed by atoms with E-state index < -0.39 is 41.0 Å². The first-order chi connectivity index (χ1) is 15.2. The Labute approximate surface area is 193 Å². The van der Waals surface area contributed by atoms with Gasteiger partial charge in [0.1, 0.15) is 19.0 Å². The van der Waals surface area contributed by atoms with Crippen LogP contribution in [0, 0.1) is 0 Å². The van der Waals surface area contributed by atoms with Crippen molar-refractivity contribution in [3.63, 3.8) is 0 Å². The molecule has 0 aromatic carbocycles. The smallest absolute Gasteiger partial charge is 0.246 e. The molecule has 6 unspecified atom stereocenters. The summed E-state index contributed by atoms with van der Waals surface area (Å²) in [5, 5.41) is 29.2. The number of ether oxygens (including phenoxy) is 1. The maximum Gasteiger partial charge on any atom is 0.246 e. The van der Waals surface area contributed by atoms with Crippen molar-refractivity contribution in [3.05, 3.63) is 0 Å². The number of piperidine rings is 1. The van der Waals surface area contributed by atoms with Crippen LogP contribution in [0.3, 0.4) is 0 Å². The number of alkyl halides is 2. The summed E-state index contributed by atoms with van der Waals surface area (Å²) in [4.78, 5) is 25.3. The maximum atomic E-state index is 13.8. The van der Waals surface area contributed by atoms with Crippen molar-refractivity contribution >= 4 is 23.4 Å². The molecule has 0 spiro atoms. The first-order valence-corrected chi connectivity index (χ1v) is 12.3. The molecule has 182 valence electrons. The molecule has 2 amide bonds. The summed E-state index contributed by atoms with van der Waals surface area (Å²) < 4.78 is 19.4. The van der Waals surface area contributed by atoms with Crippen molar-refractivity contribution in [2.75, 3.05) is 6.61 Å². The fourth-order valence-electron chi connectivity index (χ4n) is 5.83. The summed E-state index contributed by atoms with van der Waals surface area (Å²) in [7, 11) is 0. The Morgan fingerprint density at radius 1 is 1.09 bits per heavy atom. The lowest BCUT2D eigenvalue weighted by Gasteiger charge is -2.56. The topological polar surface area (TPSA) is 120 Å². The second-order valence-electron chi connectivity index (χ2n) is 10.1. The molecular formula is C22H35ClFN3O5. The summed E-state index contributed by atoms with van der Waals surface area (Å²) in [5.41, 5.74) is -1.21. The quantitative estimate of drug-likeness (QED) is 0.366. The minimum absolute atomic E-state index is 0.138. The van der Waals surface area contributed by atoms with Crippen molar-refractivity contribution in [1.29, 1.82) is 0 Å². The Morgan fingerprint density at radius 3 is 2.50 bits per heavy atom. The first kappa shape index (κ1) is 24.1. The van der Waals surface area contributed by atoms with Gasteiger partial charge in [-0.3, -0.25) is 14.9 Å². The molecule has 1 aliphatic heterocycles. The zero-order valence-corrected chi connectivity index (χ0v) is 19.1. The number of aliphatic hydroxyl groups excluding tert-OH is 2. The van der Waals surface area contributed by atoms with Gasteiger partial charge in [-0.2, -0.15) is 0 Å². The minimum atomic E-state index is -1.12. The molecule has 8 nitrogen and oxygen atoms in total. The van der Waals surface area contributed by atoms with Crippen LogP contribution in [0.25, 0.3) is 0 Å². The second kappa shape index (κ2) is 9.70. The van der Waals surface area contributed by atoms with Crippen LogP contribution in [-0.4, -0.2) is 75.7 Å². The van der Waals surface area contributed by atoms with E-state index in [-0.39, 0.29) is 30.9 Å². The predicted octanol–water partition coefficient (Wildman–Crippen LogP) is 1.01. The Bertz CT molecular complexity index is 705. The second-order valence-corrected chi connectivity index (χ2v) is 10.7. The van der Waals surface area contributed by atoms with Gasteiger partial charge in [-0.1, -0.05) is 0 Å². The van der Waals surface area contributed by atoms with Crippen molar-refractivity contribution < 1.29 is 28.9 Å². The van der Waals surface area contributed by atoms with Crippen LogP contribution >= 0.6 is 11.6 Å². The third-order valence-electron chi connectivity index (χ3n) is 7.87. The van der Waals surface area contributed by atoms with Gasteiger partial charge in [0.05, 0.1) is 29.2 Å². The molecule has 5 N–H and O–H groups in total. The van der Waals surface area contributed by atoms with Gasteiger partial charge in [0.15, 0.2) is 0 Å². The van der Waals surface area contributed by atoms with E-state index in [1.807, 2.05) is 0 Å². The number of amides is 2. The third-order valence-corrected chi connectivity index (χ3v) is 8.37. The molecule has 10 heteroatoms. The molecule has 5 fully saturated rings. The zero-order chi connectivity index (χ0) is 22.9. The van der Waals surface area contributed by atoms with Gasteiger partial charge in [0.25, 0.3) is 0 Å². The van der Waals surface area contributed by atoms with Crippen LogP contribution in [0.4, 0.5) is 4.39 Å². The van der Waals surface area contributed by atoms with Gasteiger partial charge in [-0.15, -0.1) is 11.6 Å². The zero-order valence-electron chi connectivity index (χ0n) is 18.3. The monoisotopic (exact) mass is 475 g/mol. The minimum Gasteiger partial charge on any atom is -0.391 e. The van der Waals surface area contributed by atoms with Crippen molar-refractivity contribution in [1.82, 2.24) is 16.0 Å². The highest BCUT2D eigenvalue weighted by molar-refractivity contribution is 6.21. The molecule has 4 aliphatic carbocycles. The van der Waals surface area contributed by atoms with Crippen LogP contribution < -0.4 is 16.0 Å². The van der Waals surface area contributed by atoms with E-state index in [4.69, 9.17) is 16.3 Å². The molecule has 1 heterocycles. The highest BCUT2D eigenvalue weighted by Crippen LogP contribution is 2.47. The van der Waals surface area contributed by atoms with Gasteiger partial charge in [0.2, 0.25) is 11.8 Å². The molecule has 2 bridgehead atoms. The lowest BCUT2D eigenvalue weighted by Crippen LogP contribution is -2.71. The van der Waals surface area contributed by atoms with Crippen molar-refractivity contribution in [2.45, 2.75) is 118 Å². The molecule has 1 saturated heterocycles. The highest BCUT2D eigenvalue weighted by Gasteiger charge is 2.55. The first-order valence-electron chi connectivity index (χ1n) is 11.9. The lowest BCUT2D eigenvalue weighted by molar-refractivity contribution is -0.141. The third kappa shape index (κ3) is 5.22. The Morgan fingerprint density at radius 2 is 1.84 bits per heavy atom. The van der Waals surface area contributed by atoms with E-state index in [1.54, 1.807) is 0 Å². The summed E-state index contributed by atoms with van der Waals surface area (Å²) in [6.45, 7) is -0.170. The van der Waals surface area contributed by atoms with E-state index in [0.29, 0.717) is 57.8 Å². The number of rotatable bonds is 6. The van der Waals surface area contributed by atoms with E-state index in [1.165, 1.54) is 0 Å². The number of halogens is 2. The summed E-state index contributed by atoms with van der Waals surface area (Å²) in [5.74, 6) is -0.452. The Hall–Kier alpha value is -1.00. The van der Waals surface area contributed by atoms with Crippen molar-refractivity contribution in [2.24, 2.45) is 0 Å². The average Bonchev–Trinajstić information content (AvgIpc) is 2.76. The Balaban J connectivity index is 1.26. The maximum absolute atomic E-state index is 13.8. The standard InChI is InChI=1S/C22H35ClFN3O5/c23-14-5-4-13(10-15(14)24)32-12-19(30)26-22-8-6-21(7-9-22,11-17(22)28)27-20(31)16-2-1-3-18(29)25-16/h13-18,25,28-29H,1-12H2,(H,26,30)(H,27,31). The van der Waals surface area contributed by atoms with Crippen LogP contribution in [0.15, 0.2) is 0 Å². The number of hydrogen-bond donors (Lipinski definition) is 5. The molecule has 4 saturated carbocycles. The van der Waals surface area contributed by atoms with Crippen LogP contribution in [0.1, 0.15) is 70.6 Å². The van der Waals surface area contributed by atoms with Gasteiger partial charge in [-0.05, 0) is 64.2 Å². The Kier molecular flexibility index (Phi) is 7.32. The molecule has 0 radical (unpaired) electrons. The number of hydrogen-bond acceptors (Lipinski definition) is 6. The number of nitrogens with one attached hydrogen (secondary N) is 3. The normalized spacial score (nSPS) is 44.1. The largest absolute Gasteiger partial charge is 0.391 e. The molecular weight excluding hydrogens is 441 g/mol. The van der Waals surface area contributed by atoms with Crippen LogP contribution in [-0.2, 0) is 14.3 Å². The highest BCUT2D eigenvalue weighted by atomic mass is 35.5. The molecule has 6 atom stereocenters. The van der Waals surface area contributed by atoms with E-state index in [0.717, 1.165) is 6.42 Å². The fraction of sp³-hybridized carbons (Fsp3) is 0.909. The SMILES string of the molecule is O=C(COC1CCC(Cl)C(F)C1)NC12CCC(NC(=O)C3CCCC(O)N3)(CC1)CC2O. The molecule has 0 aromatic heterocycles. The number of carbonyl (C=O) groups excluding carboxylic acids is 2. The van der Waals surface area contributed by atoms with Crippen LogP contribution in [0.2, 0.25) is 0 Å². The summed E-state index contributed by atoms with van der Waals surface area (Å²) in [6.07, 6.45) is 3.41. The van der Waals surface area contributed by atoms with E-state index in [2.05, 4.69) is 16.0 Å². The average molecular weight is 476 g/mol. The molecule has 32 heavy (non-hydrogen) atoms. The van der Waals surface area contributed by atoms with Crippen LogP contribution in [0.5, 0.6) is 0 Å². The summed E-state index contributed by atoms with van der Waals surface area (Å²) >= 11 is 5.90. The van der Waals surface area contributed by atoms with E-state index >= 15 is 0 Å². The number of carbonyl (C=O) groups is 2. The molecule has 5 aliphatic rings. The molecule has 0 aromatic rings. The van der Waals surface area contributed by atoms with Gasteiger partial charge in [0, 0.05) is 12.0 Å². The van der Waals surface area contributed by atoms with Crippen molar-refractivity contribution in [3.8, 4) is 0 Å². The fourth-order valence-corrected chi connectivity index (χ4v) is 6.06. The number of aliphatic hydroxyl groups is 2. The van der Waals surface area contributed by atoms with E-state index in [9.17, 15) is 24.2 Å². The number of fused-ring (bicyclic) bond motifs is 3.